The second kappa shape index (κ2) is 5.53. The Morgan fingerprint density at radius 1 is 1.56 bits per heavy atom. The van der Waals surface area contributed by atoms with Crippen LogP contribution in [0.3, 0.4) is 0 Å². The maximum absolute atomic E-state index is 13.0. The van der Waals surface area contributed by atoms with Crippen LogP contribution < -0.4 is 0 Å². The molecule has 0 heterocycles. The summed E-state index contributed by atoms with van der Waals surface area (Å²) in [6.07, 6.45) is -0.542. The SMILES string of the molecule is N#CC(=Cc1ccc(F)c([N+](=O)[O-])c1)C(O)C#N. The molecule has 1 aromatic rings. The molecule has 1 N–H and O–H groups in total. The first kappa shape index (κ1) is 13.3. The van der Waals surface area contributed by atoms with Crippen LogP contribution in [-0.2, 0) is 0 Å². The van der Waals surface area contributed by atoms with E-state index in [1.54, 1.807) is 6.07 Å². The van der Waals surface area contributed by atoms with E-state index in [0.717, 1.165) is 18.2 Å². The summed E-state index contributed by atoms with van der Waals surface area (Å²) in [6.45, 7) is 0. The normalized spacial score (nSPS) is 12.3. The molecule has 1 atom stereocenters. The van der Waals surface area contributed by atoms with Crippen molar-refractivity contribution in [2.24, 2.45) is 0 Å². The van der Waals surface area contributed by atoms with Crippen molar-refractivity contribution in [1.82, 2.24) is 0 Å². The number of benzene rings is 1. The third-order valence-electron chi connectivity index (χ3n) is 2.04. The highest BCUT2D eigenvalue weighted by molar-refractivity contribution is 5.61. The molecule has 0 fully saturated rings. The molecule has 0 aromatic heterocycles. The number of nitriles is 2. The summed E-state index contributed by atoms with van der Waals surface area (Å²) in [7, 11) is 0. The molecule has 1 aromatic carbocycles. The summed E-state index contributed by atoms with van der Waals surface area (Å²) < 4.78 is 13.0. The molecule has 18 heavy (non-hydrogen) atoms. The maximum atomic E-state index is 13.0. The molecule has 7 heteroatoms. The summed E-state index contributed by atoms with van der Waals surface area (Å²) in [5, 5.41) is 36.8. The van der Waals surface area contributed by atoms with Crippen LogP contribution in [0.15, 0.2) is 23.8 Å². The summed E-state index contributed by atoms with van der Waals surface area (Å²) in [5.41, 5.74) is -0.875. The summed E-state index contributed by atoms with van der Waals surface area (Å²) in [5.74, 6) is -1.00. The zero-order valence-corrected chi connectivity index (χ0v) is 8.87. The average molecular weight is 247 g/mol. The number of nitrogens with zero attached hydrogens (tertiary/aromatic N) is 3. The minimum Gasteiger partial charge on any atom is -0.373 e. The summed E-state index contributed by atoms with van der Waals surface area (Å²) in [6, 6.07) is 6.02. The van der Waals surface area contributed by atoms with Crippen molar-refractivity contribution >= 4 is 11.8 Å². The molecule has 0 saturated carbocycles. The van der Waals surface area contributed by atoms with E-state index in [1.165, 1.54) is 12.1 Å². The van der Waals surface area contributed by atoms with Gasteiger partial charge in [0, 0.05) is 6.07 Å². The van der Waals surface area contributed by atoms with E-state index in [-0.39, 0.29) is 11.1 Å². The minimum atomic E-state index is -1.63. The molecule has 1 unspecified atom stereocenters. The van der Waals surface area contributed by atoms with E-state index in [1.807, 2.05) is 0 Å². The van der Waals surface area contributed by atoms with Crippen LogP contribution in [0.2, 0.25) is 0 Å². The Labute approximate surface area is 101 Å². The number of hydrogen-bond donors (Lipinski definition) is 1. The fraction of sp³-hybridized carbons (Fsp3) is 0.0909. The molecule has 0 aliphatic rings. The molecule has 0 saturated heterocycles. The van der Waals surface area contributed by atoms with E-state index in [2.05, 4.69) is 0 Å². The Hall–Kier alpha value is -2.77. The van der Waals surface area contributed by atoms with Gasteiger partial charge in [0.05, 0.1) is 22.6 Å². The monoisotopic (exact) mass is 247 g/mol. The molecule has 0 spiro atoms. The van der Waals surface area contributed by atoms with E-state index in [4.69, 9.17) is 15.6 Å². The third kappa shape index (κ3) is 2.88. The first-order valence-corrected chi connectivity index (χ1v) is 4.63. The Morgan fingerprint density at radius 2 is 2.22 bits per heavy atom. The Kier molecular flexibility index (Phi) is 4.08. The van der Waals surface area contributed by atoms with Crippen LogP contribution in [0.4, 0.5) is 10.1 Å². The van der Waals surface area contributed by atoms with Gasteiger partial charge >= 0.3 is 5.69 Å². The molecule has 0 amide bonds. The van der Waals surface area contributed by atoms with Gasteiger partial charge in [-0.25, -0.2) is 0 Å². The molecule has 0 radical (unpaired) electrons. The molecule has 0 bridgehead atoms. The first-order valence-electron chi connectivity index (χ1n) is 4.63. The zero-order chi connectivity index (χ0) is 13.7. The predicted molar refractivity (Wildman–Crippen MR) is 58.3 cm³/mol. The number of nitro benzene ring substituents is 1. The van der Waals surface area contributed by atoms with Crippen LogP contribution in [0.25, 0.3) is 6.08 Å². The lowest BCUT2D eigenvalue weighted by Gasteiger charge is -2.00. The molecule has 90 valence electrons. The maximum Gasteiger partial charge on any atom is 0.305 e. The third-order valence-corrected chi connectivity index (χ3v) is 2.04. The van der Waals surface area contributed by atoms with Crippen molar-refractivity contribution in [2.75, 3.05) is 0 Å². The summed E-state index contributed by atoms with van der Waals surface area (Å²) in [4.78, 5) is 9.59. The van der Waals surface area contributed by atoms with E-state index in [9.17, 15) is 14.5 Å². The average Bonchev–Trinajstić information content (AvgIpc) is 2.36. The highest BCUT2D eigenvalue weighted by Gasteiger charge is 2.15. The van der Waals surface area contributed by atoms with E-state index < -0.39 is 22.5 Å². The largest absolute Gasteiger partial charge is 0.373 e. The van der Waals surface area contributed by atoms with Gasteiger partial charge in [-0.3, -0.25) is 10.1 Å². The fourth-order valence-corrected chi connectivity index (χ4v) is 1.18. The minimum absolute atomic E-state index is 0.147. The lowest BCUT2D eigenvalue weighted by atomic mass is 10.1. The molecule has 1 rings (SSSR count). The molecular formula is C11H6FN3O3. The van der Waals surface area contributed by atoms with Crippen molar-refractivity contribution in [1.29, 1.82) is 10.5 Å². The molecule has 0 aliphatic heterocycles. The van der Waals surface area contributed by atoms with Crippen LogP contribution >= 0.6 is 0 Å². The van der Waals surface area contributed by atoms with Crippen molar-refractivity contribution in [3.05, 3.63) is 45.3 Å². The number of aliphatic hydroxyl groups is 1. The Morgan fingerprint density at radius 3 is 2.72 bits per heavy atom. The van der Waals surface area contributed by atoms with Gasteiger partial charge < -0.3 is 5.11 Å². The second-order valence-corrected chi connectivity index (χ2v) is 3.21. The first-order chi connectivity index (χ1) is 8.49. The van der Waals surface area contributed by atoms with Crippen LogP contribution in [0.5, 0.6) is 0 Å². The zero-order valence-electron chi connectivity index (χ0n) is 8.87. The van der Waals surface area contributed by atoms with Gasteiger partial charge in [0.1, 0.15) is 0 Å². The number of halogens is 1. The van der Waals surface area contributed by atoms with E-state index >= 15 is 0 Å². The topological polar surface area (TPSA) is 111 Å². The number of aliphatic hydroxyl groups excluding tert-OH is 1. The molecule has 0 aliphatic carbocycles. The number of hydrogen-bond acceptors (Lipinski definition) is 5. The quantitative estimate of drug-likeness (QED) is 0.376. The number of rotatable bonds is 3. The number of nitro groups is 1. The van der Waals surface area contributed by atoms with Crippen LogP contribution in [0.1, 0.15) is 5.56 Å². The lowest BCUT2D eigenvalue weighted by molar-refractivity contribution is -0.387. The van der Waals surface area contributed by atoms with Crippen LogP contribution in [0, 0.1) is 38.6 Å². The Balaban J connectivity index is 3.24. The molecule has 6 nitrogen and oxygen atoms in total. The highest BCUT2D eigenvalue weighted by Crippen LogP contribution is 2.20. The van der Waals surface area contributed by atoms with Gasteiger partial charge in [-0.15, -0.1) is 0 Å². The van der Waals surface area contributed by atoms with Gasteiger partial charge in [0.25, 0.3) is 0 Å². The van der Waals surface area contributed by atoms with Gasteiger partial charge in [-0.1, -0.05) is 6.07 Å². The standard InChI is InChI=1S/C11H6FN3O3/c12-9-2-1-7(4-10(9)15(17)18)3-8(5-13)11(16)6-14/h1-4,11,16H. The fourth-order valence-electron chi connectivity index (χ4n) is 1.18. The van der Waals surface area contributed by atoms with Gasteiger partial charge in [-0.05, 0) is 17.7 Å². The highest BCUT2D eigenvalue weighted by atomic mass is 19.1. The van der Waals surface area contributed by atoms with Crippen molar-refractivity contribution in [3.8, 4) is 12.1 Å². The van der Waals surface area contributed by atoms with Gasteiger partial charge in [0.2, 0.25) is 5.82 Å². The van der Waals surface area contributed by atoms with Crippen LogP contribution in [-0.4, -0.2) is 16.1 Å². The summed E-state index contributed by atoms with van der Waals surface area (Å²) >= 11 is 0. The molecular weight excluding hydrogens is 241 g/mol. The lowest BCUT2D eigenvalue weighted by Crippen LogP contribution is -2.05. The second-order valence-electron chi connectivity index (χ2n) is 3.21. The van der Waals surface area contributed by atoms with E-state index in [0.29, 0.717) is 0 Å². The van der Waals surface area contributed by atoms with Gasteiger partial charge in [0.15, 0.2) is 6.10 Å². The van der Waals surface area contributed by atoms with Gasteiger partial charge in [-0.2, -0.15) is 14.9 Å². The predicted octanol–water partition coefficient (Wildman–Crippen LogP) is 1.53. The Bertz CT molecular complexity index is 599. The smallest absolute Gasteiger partial charge is 0.305 e. The van der Waals surface area contributed by atoms with Crippen molar-refractivity contribution < 1.29 is 14.4 Å². The van der Waals surface area contributed by atoms with Crippen molar-refractivity contribution in [3.63, 3.8) is 0 Å². The van der Waals surface area contributed by atoms with Crippen molar-refractivity contribution in [2.45, 2.75) is 6.10 Å².